The van der Waals surface area contributed by atoms with Crippen molar-refractivity contribution in [2.75, 3.05) is 71.3 Å². The molecule has 13 aromatic rings. The van der Waals surface area contributed by atoms with Crippen LogP contribution in [0.1, 0.15) is 140 Å². The Morgan fingerprint density at radius 3 is 1.18 bits per heavy atom. The number of pyridine rings is 5. The van der Waals surface area contributed by atoms with Gasteiger partial charge < -0.3 is 60.9 Å². The summed E-state index contributed by atoms with van der Waals surface area (Å²) in [4.78, 5) is 116. The van der Waals surface area contributed by atoms with Crippen molar-refractivity contribution in [3.63, 3.8) is 0 Å². The average molecular weight is 2100 g/mol. The molecule has 2 aliphatic heterocycles. The van der Waals surface area contributed by atoms with Crippen LogP contribution in [-0.2, 0) is 60.9 Å². The van der Waals surface area contributed by atoms with Gasteiger partial charge in [0.2, 0.25) is 11.8 Å². The first-order chi connectivity index (χ1) is 61.9. The number of carbonyl (C=O) groups excluding carboxylic acids is 7. The highest BCUT2D eigenvalue weighted by Gasteiger charge is 2.28. The van der Waals surface area contributed by atoms with Crippen molar-refractivity contribution in [2.24, 2.45) is 5.73 Å². The number of alkyl halides is 1. The summed E-state index contributed by atoms with van der Waals surface area (Å²) in [5.41, 5.74) is 26.3. The van der Waals surface area contributed by atoms with E-state index in [0.717, 1.165) is 117 Å². The fourth-order valence-corrected chi connectivity index (χ4v) is 16.2. The van der Waals surface area contributed by atoms with Gasteiger partial charge in [-0.15, -0.1) is 11.6 Å². The number of halogens is 11. The second kappa shape index (κ2) is 52.0. The Bertz CT molecular complexity index is 6230. The van der Waals surface area contributed by atoms with Gasteiger partial charge in [-0.2, -0.15) is 0 Å². The van der Waals surface area contributed by atoms with Crippen LogP contribution in [0.5, 0.6) is 0 Å². The van der Waals surface area contributed by atoms with Gasteiger partial charge in [-0.3, -0.25) is 36.8 Å². The lowest BCUT2D eigenvalue weighted by Gasteiger charge is -2.34. The molecule has 1 atom stereocenters. The summed E-state index contributed by atoms with van der Waals surface area (Å²) in [6.07, 6.45) is 19.0. The van der Waals surface area contributed by atoms with Gasteiger partial charge in [0.15, 0.2) is 22.9 Å². The summed E-state index contributed by atoms with van der Waals surface area (Å²) in [5.74, 6) is -1.41. The van der Waals surface area contributed by atoms with Crippen LogP contribution < -0.4 is 22.2 Å². The third kappa shape index (κ3) is 29.4. The first kappa shape index (κ1) is 108. The monoisotopic (exact) mass is 2090 g/mol. The van der Waals surface area contributed by atoms with Gasteiger partial charge in [0, 0.05) is 192 Å². The summed E-state index contributed by atoms with van der Waals surface area (Å²) in [7, 11) is -1.54. The van der Waals surface area contributed by atoms with E-state index in [1.807, 2.05) is 78.9 Å². The zero-order chi connectivity index (χ0) is 95.5. The number of aldehydes is 1. The lowest BCUT2D eigenvalue weighted by Crippen LogP contribution is -2.50. The zero-order valence-corrected chi connectivity index (χ0v) is 81.9. The highest BCUT2D eigenvalue weighted by molar-refractivity contribution is 9.10. The molecule has 40 heteroatoms. The number of nitrogens with two attached hydrogens (primary N) is 2. The van der Waals surface area contributed by atoms with Gasteiger partial charge in [0.25, 0.3) is 5.91 Å². The second-order valence-electron chi connectivity index (χ2n) is 28.5. The van der Waals surface area contributed by atoms with Gasteiger partial charge in [-0.1, -0.05) is 152 Å². The number of aromatic carboxylic acids is 1. The lowest BCUT2D eigenvalue weighted by atomic mass is 9.80. The molecule has 8 N–H and O–H groups in total. The van der Waals surface area contributed by atoms with Gasteiger partial charge in [0.1, 0.15) is 45.8 Å². The smallest absolute Gasteiger partial charge is 0.477 e. The lowest BCUT2D eigenvalue weighted by molar-refractivity contribution is -0.130. The molecule has 1 unspecified atom stereocenters. The van der Waals surface area contributed by atoms with Gasteiger partial charge in [-0.25, -0.2) is 39.3 Å². The molecule has 0 aliphatic carbocycles. The molecule has 0 bridgehead atoms. The summed E-state index contributed by atoms with van der Waals surface area (Å²) in [6, 6.07) is 30.0. The number of carboxylic acids is 1. The quantitative estimate of drug-likeness (QED) is 0.0162. The van der Waals surface area contributed by atoms with Crippen LogP contribution in [0.4, 0.5) is 5.82 Å². The normalized spacial score (nSPS) is 12.2. The zero-order valence-electron chi connectivity index (χ0n) is 72.0. The molecule has 2 saturated heterocycles. The molecule has 2 fully saturated rings. The predicted molar refractivity (Wildman–Crippen MR) is 528 cm³/mol. The minimum Gasteiger partial charge on any atom is -0.477 e. The Labute approximate surface area is 820 Å². The van der Waals surface area contributed by atoms with Crippen molar-refractivity contribution in [3.05, 3.63) is 259 Å². The number of Topliss-reactive ketones (excluding diaryl/α,β-unsaturated/α-hetero) is 1. The number of anilines is 1. The van der Waals surface area contributed by atoms with Crippen LogP contribution in [0.25, 0.3) is 56.0 Å². The fourth-order valence-electron chi connectivity index (χ4n) is 13.1. The van der Waals surface area contributed by atoms with E-state index >= 15 is 0 Å². The number of carboxylic acid groups (broad SMARTS) is 1. The number of hydrogen-bond acceptors (Lipinski definition) is 20. The molecule has 11 heterocycles. The molecule has 9 aromatic heterocycles. The maximum absolute atomic E-state index is 13.2. The molecule has 0 saturated carbocycles. The molecule has 3 amide bonds. The van der Waals surface area contributed by atoms with E-state index in [0.29, 0.717) is 127 Å². The van der Waals surface area contributed by atoms with E-state index in [4.69, 9.17) is 135 Å². The van der Waals surface area contributed by atoms with Crippen LogP contribution >= 0.6 is 136 Å². The third-order valence-corrected chi connectivity index (χ3v) is 24.0. The number of fused-ring (bicyclic) bond motifs is 4. The van der Waals surface area contributed by atoms with Gasteiger partial charge in [-0.05, 0) is 185 Å². The molecule has 0 radical (unpaired) electrons. The second-order valence-corrected chi connectivity index (χ2v) is 34.0. The SMILES string of the molecule is C.CC(=O)C(Cl)C=O.CC(=O)N1CCN(C(=O)c2cnc3cc(CN)c(-c4ccc(Cl)cc4Cl)cn23)CC1.CC(=O)N1CCNCC1.CCOC(=O)c1cnc2cc(CC)c(-c3ccc(Cl)cc3Cl)cn12.CCOC(=O)c1cnc2cc(CC)c(Br)cn12.CCc1cc(N)ncc1Br.CCc1cc2ncc(C(=O)O)n2cc1-c1ccc(Cl)cc1Cl.OB(O)c1ccc(Cl)cc1Cl. The highest BCUT2D eigenvalue weighted by Crippen LogP contribution is 2.38. The van der Waals surface area contributed by atoms with E-state index in [2.05, 4.69) is 82.9 Å². The largest absolute Gasteiger partial charge is 0.489 e. The maximum Gasteiger partial charge on any atom is 0.489 e. The number of aryl methyl sites for hydroxylation is 4. The number of amides is 3. The van der Waals surface area contributed by atoms with Crippen LogP contribution in [0.15, 0.2) is 168 Å². The summed E-state index contributed by atoms with van der Waals surface area (Å²) in [5, 5.41) is 32.9. The number of rotatable bonds is 17. The third-order valence-electron chi connectivity index (χ3n) is 20.0. The molecule has 2 aliphatic rings. The topological polar surface area (TPSA) is 372 Å². The summed E-state index contributed by atoms with van der Waals surface area (Å²) < 4.78 is 18.9. The number of esters is 2. The van der Waals surface area contributed by atoms with Crippen LogP contribution in [-0.4, -0.2) is 198 Å². The van der Waals surface area contributed by atoms with Crippen molar-refractivity contribution < 1.29 is 63.0 Å². The number of ketones is 1. The van der Waals surface area contributed by atoms with Crippen molar-refractivity contribution in [1.29, 1.82) is 0 Å². The van der Waals surface area contributed by atoms with Crippen molar-refractivity contribution in [2.45, 2.75) is 107 Å². The molecule has 694 valence electrons. The van der Waals surface area contributed by atoms with Crippen LogP contribution in [0.3, 0.4) is 0 Å². The van der Waals surface area contributed by atoms with Crippen molar-refractivity contribution in [3.8, 4) is 33.4 Å². The molecular weight excluding hydrogens is 2000 g/mol. The van der Waals surface area contributed by atoms with E-state index in [1.165, 1.54) is 42.6 Å². The van der Waals surface area contributed by atoms with Crippen LogP contribution in [0.2, 0.25) is 40.2 Å². The number of ether oxygens (including phenoxy) is 2. The molecule has 4 aromatic carbocycles. The highest BCUT2D eigenvalue weighted by atomic mass is 79.9. The van der Waals surface area contributed by atoms with Crippen LogP contribution in [0, 0.1) is 0 Å². The van der Waals surface area contributed by atoms with E-state index in [-0.39, 0.29) is 53.1 Å². The van der Waals surface area contributed by atoms with Gasteiger partial charge >= 0.3 is 25.0 Å². The van der Waals surface area contributed by atoms with E-state index < -0.39 is 24.4 Å². The predicted octanol–water partition coefficient (Wildman–Crippen LogP) is 18.6. The first-order valence-electron chi connectivity index (χ1n) is 40.6. The van der Waals surface area contributed by atoms with Crippen molar-refractivity contribution >= 4 is 225 Å². The van der Waals surface area contributed by atoms with E-state index in [9.17, 15) is 43.5 Å². The molecule has 15 rings (SSSR count). The Balaban J connectivity index is 0.000000213. The van der Waals surface area contributed by atoms with E-state index in [1.54, 1.807) is 122 Å². The Morgan fingerprint density at radius 1 is 0.466 bits per heavy atom. The summed E-state index contributed by atoms with van der Waals surface area (Å²) in [6.45, 7) is 22.9. The minimum absolute atomic E-state index is 0. The minimum atomic E-state index is -1.54. The number of benzene rings is 4. The Morgan fingerprint density at radius 2 is 0.824 bits per heavy atom. The number of piperazine rings is 2. The Kier molecular flexibility index (Phi) is 43.0. The molecular formula is C91H97BBr2Cl9N15O13. The number of imidazole rings is 4. The summed E-state index contributed by atoms with van der Waals surface area (Å²) >= 11 is 60.2. The number of nitrogen functional groups attached to an aromatic ring is 1. The molecule has 0 spiro atoms. The number of nitrogens with one attached hydrogen (secondary N) is 1. The van der Waals surface area contributed by atoms with Gasteiger partial charge in [0.05, 0.1) is 38.0 Å². The number of hydrogen-bond donors (Lipinski definition) is 6. The fraction of sp³-hybridized carbons (Fsp3) is 0.286. The van der Waals surface area contributed by atoms with Crippen molar-refractivity contribution in [1.82, 2.24) is 62.5 Å². The molecule has 131 heavy (non-hydrogen) atoms. The first-order valence-corrected chi connectivity index (χ1v) is 45.6. The number of aromatic nitrogens is 9. The molecule has 28 nitrogen and oxygen atoms in total. The standard InChI is InChI=1S/C21H21Cl2N5O2.C18H16Cl2N2O2.C16H12Cl2N2O2.C12H13BrN2O2.C7H9BrN2.C6H5BCl2O2.C6H12N2O.C4H5ClO2.CH4/c1-13(29)26-4-6-27(7-5-26)21(30)19-11-25-20-8-14(10-24)17(12-28(19)20)16-3-2-15(22)9-18(16)23;1-3-11-7-17-21-9-16(18(23)24-4-2)22(17)10-14(11)13-6-5-12(19)8-15(13)20;1-2-9-5-15-19-7-14(16(21)22)20(15)8-12(9)11-4-3-10(17)6-13(11)18;1-3-8-5-11-14-6-10(12(16)17-4-2)15(11)7-9(8)13;1-2-5-3-7(9)10-4-6(5)8;8-4-1-2-5(7(10)11)6(9)3-4;1-6(9)8-4-2-7-3-5-8;1-3(7)4(5)2-6;/h2-3,8-9,11-12H,4-7,10,24H2,1H3;5-10H,3-4H2,1-2H3;3-8H,2H2,1H3,(H,21,22);5-7H,3-4H2,1-2H3;3-4H,2H2,1H3,(H2,9,10);1-3,10-11H;7H,2-5H2,1H3;2,4H,1H3;1H4. The Hall–Kier alpha value is -9.78. The average Bonchev–Trinajstić information content (AvgIpc) is 1.68. The number of nitrogens with zero attached hydrogens (tertiary/aromatic N) is 12. The maximum atomic E-state index is 13.2. The number of carbonyl (C=O) groups is 8.